The Morgan fingerprint density at radius 1 is 1.14 bits per heavy atom. The third kappa shape index (κ3) is 4.80. The Kier molecular flexibility index (Phi) is 6.62. The fourth-order valence-corrected chi connectivity index (χ4v) is 5.36. The zero-order valence-corrected chi connectivity index (χ0v) is 18.5. The Morgan fingerprint density at radius 3 is 2.28 bits per heavy atom. The predicted octanol–water partition coefficient (Wildman–Crippen LogP) is 4.24. The van der Waals surface area contributed by atoms with E-state index >= 15 is 0 Å². The van der Waals surface area contributed by atoms with Gasteiger partial charge in [-0.2, -0.15) is 0 Å². The van der Waals surface area contributed by atoms with Gasteiger partial charge >= 0.3 is 0 Å². The van der Waals surface area contributed by atoms with Crippen LogP contribution in [0.1, 0.15) is 67.7 Å². The van der Waals surface area contributed by atoms with Crippen molar-refractivity contribution in [2.24, 2.45) is 11.8 Å². The molecule has 1 aromatic rings. The molecule has 1 saturated carbocycles. The number of amides is 1. The molecule has 3 unspecified atom stereocenters. The molecule has 3 atom stereocenters. The number of rotatable bonds is 4. The number of hydrogen-bond acceptors (Lipinski definition) is 3. The van der Waals surface area contributed by atoms with Crippen LogP contribution >= 0.6 is 0 Å². The van der Waals surface area contributed by atoms with E-state index < -0.39 is 6.10 Å². The number of aryl methyl sites for hydroxylation is 3. The molecule has 4 nitrogen and oxygen atoms in total. The maximum absolute atomic E-state index is 12.9. The number of nitrogens with zero attached hydrogens (tertiary/aromatic N) is 1. The molecule has 4 heteroatoms. The van der Waals surface area contributed by atoms with Crippen molar-refractivity contribution in [2.45, 2.75) is 72.3 Å². The molecule has 0 spiro atoms. The predicted molar refractivity (Wildman–Crippen MR) is 116 cm³/mol. The maximum atomic E-state index is 12.9. The number of aliphatic hydroxyl groups is 1. The number of piperidine rings is 1. The van der Waals surface area contributed by atoms with Crippen molar-refractivity contribution in [2.75, 3.05) is 13.1 Å². The molecule has 1 heterocycles. The van der Waals surface area contributed by atoms with Gasteiger partial charge in [0, 0.05) is 25.6 Å². The van der Waals surface area contributed by atoms with Gasteiger partial charge in [0.25, 0.3) is 0 Å². The summed E-state index contributed by atoms with van der Waals surface area (Å²) in [7, 11) is 0. The number of benzene rings is 1. The molecular formula is C25H35NO3. The van der Waals surface area contributed by atoms with Crippen molar-refractivity contribution >= 4 is 11.7 Å². The first kappa shape index (κ1) is 21.8. The van der Waals surface area contributed by atoms with Gasteiger partial charge < -0.3 is 10.0 Å². The summed E-state index contributed by atoms with van der Waals surface area (Å²) >= 11 is 0. The van der Waals surface area contributed by atoms with Gasteiger partial charge in [-0.25, -0.2) is 0 Å². The van der Waals surface area contributed by atoms with Crippen LogP contribution in [0.15, 0.2) is 23.8 Å². The Labute approximate surface area is 175 Å². The first-order valence-electron chi connectivity index (χ1n) is 10.9. The molecule has 2 fully saturated rings. The molecule has 0 aromatic heterocycles. The van der Waals surface area contributed by atoms with Gasteiger partial charge in [0.05, 0.1) is 12.0 Å². The lowest BCUT2D eigenvalue weighted by molar-refractivity contribution is -0.127. The van der Waals surface area contributed by atoms with Crippen LogP contribution in [0.3, 0.4) is 0 Å². The van der Waals surface area contributed by atoms with Crippen molar-refractivity contribution in [3.05, 3.63) is 46.0 Å². The van der Waals surface area contributed by atoms with Crippen LogP contribution in [0.5, 0.6) is 0 Å². The smallest absolute Gasteiger partial charge is 0.246 e. The van der Waals surface area contributed by atoms with E-state index in [0.717, 1.165) is 54.6 Å². The number of likely N-dealkylation sites (tertiary alicyclic amines) is 1. The summed E-state index contributed by atoms with van der Waals surface area (Å²) in [6.45, 7) is 11.6. The summed E-state index contributed by atoms with van der Waals surface area (Å²) in [5.74, 6) is 0.383. The topological polar surface area (TPSA) is 57.6 Å². The Hall–Kier alpha value is -1.94. The second-order valence-corrected chi connectivity index (χ2v) is 9.44. The van der Waals surface area contributed by atoms with E-state index in [1.165, 1.54) is 5.56 Å². The third-order valence-electron chi connectivity index (χ3n) is 6.66. The van der Waals surface area contributed by atoms with Crippen molar-refractivity contribution < 1.29 is 14.7 Å². The first-order chi connectivity index (χ1) is 13.7. The molecule has 158 valence electrons. The highest BCUT2D eigenvalue weighted by Gasteiger charge is 2.44. The van der Waals surface area contributed by atoms with E-state index in [0.29, 0.717) is 12.3 Å². The van der Waals surface area contributed by atoms with Crippen LogP contribution in [0, 0.1) is 32.6 Å². The quantitative estimate of drug-likeness (QED) is 0.773. The van der Waals surface area contributed by atoms with Gasteiger partial charge in [-0.15, -0.1) is 0 Å². The highest BCUT2D eigenvalue weighted by Crippen LogP contribution is 2.42. The lowest BCUT2D eigenvalue weighted by Crippen LogP contribution is -2.38. The van der Waals surface area contributed by atoms with Crippen LogP contribution in [0.2, 0.25) is 0 Å². The molecular weight excluding hydrogens is 362 g/mol. The molecule has 1 amide bonds. The standard InChI is InChI=1S/C25H35NO3/c1-15(2)10-22(28)26-8-6-19(7-9-26)13-20-14-21(27)24(25(20)29)23-17(4)11-16(3)12-18(23)5/h10-12,19-20,24-25,29H,6-9,13-14H2,1-5H3. The van der Waals surface area contributed by atoms with Crippen LogP contribution in [0.4, 0.5) is 0 Å². The first-order valence-corrected chi connectivity index (χ1v) is 10.9. The van der Waals surface area contributed by atoms with Crippen molar-refractivity contribution in [3.63, 3.8) is 0 Å². The van der Waals surface area contributed by atoms with E-state index in [1.54, 1.807) is 6.08 Å². The largest absolute Gasteiger partial charge is 0.392 e. The summed E-state index contributed by atoms with van der Waals surface area (Å²) in [4.78, 5) is 27.0. The molecule has 3 rings (SSSR count). The van der Waals surface area contributed by atoms with E-state index in [4.69, 9.17) is 0 Å². The average Bonchev–Trinajstić information content (AvgIpc) is 2.89. The lowest BCUT2D eigenvalue weighted by atomic mass is 9.82. The summed E-state index contributed by atoms with van der Waals surface area (Å²) < 4.78 is 0. The second-order valence-electron chi connectivity index (χ2n) is 9.44. The minimum atomic E-state index is -0.604. The number of hydrogen-bond donors (Lipinski definition) is 1. The molecule has 1 N–H and O–H groups in total. The van der Waals surface area contributed by atoms with Crippen molar-refractivity contribution in [3.8, 4) is 0 Å². The summed E-state index contributed by atoms with van der Waals surface area (Å²) in [5.41, 5.74) is 5.45. The minimum Gasteiger partial charge on any atom is -0.392 e. The van der Waals surface area contributed by atoms with Crippen LogP contribution in [-0.4, -0.2) is 40.9 Å². The SMILES string of the molecule is CC(C)=CC(=O)N1CCC(CC2CC(=O)C(c3c(C)cc(C)cc3C)C2O)CC1. The van der Waals surface area contributed by atoms with E-state index in [1.807, 2.05) is 32.6 Å². The van der Waals surface area contributed by atoms with Crippen molar-refractivity contribution in [1.82, 2.24) is 4.90 Å². The van der Waals surface area contributed by atoms with Gasteiger partial charge in [-0.3, -0.25) is 9.59 Å². The summed E-state index contributed by atoms with van der Waals surface area (Å²) in [6.07, 6.45) is 4.34. The summed E-state index contributed by atoms with van der Waals surface area (Å²) in [5, 5.41) is 11.1. The molecule has 0 bridgehead atoms. The van der Waals surface area contributed by atoms with Gasteiger partial charge in [0.15, 0.2) is 0 Å². The zero-order chi connectivity index (χ0) is 21.3. The Morgan fingerprint density at radius 2 is 1.72 bits per heavy atom. The molecule has 2 aliphatic rings. The fraction of sp³-hybridized carbons (Fsp3) is 0.600. The zero-order valence-electron chi connectivity index (χ0n) is 18.5. The highest BCUT2D eigenvalue weighted by molar-refractivity contribution is 5.90. The molecule has 1 aromatic carbocycles. The second kappa shape index (κ2) is 8.83. The van der Waals surface area contributed by atoms with Crippen LogP contribution in [-0.2, 0) is 9.59 Å². The monoisotopic (exact) mass is 397 g/mol. The van der Waals surface area contributed by atoms with E-state index in [2.05, 4.69) is 19.1 Å². The number of carbonyl (C=O) groups is 2. The molecule has 29 heavy (non-hydrogen) atoms. The van der Waals surface area contributed by atoms with Gasteiger partial charge in [-0.1, -0.05) is 23.3 Å². The lowest BCUT2D eigenvalue weighted by Gasteiger charge is -2.33. The number of ketones is 1. The number of carbonyl (C=O) groups excluding carboxylic acids is 2. The molecule has 1 aliphatic carbocycles. The number of Topliss-reactive ketones (excluding diaryl/α,β-unsaturated/α-hetero) is 1. The number of allylic oxidation sites excluding steroid dienone is 1. The van der Waals surface area contributed by atoms with Crippen molar-refractivity contribution in [1.29, 1.82) is 0 Å². The van der Waals surface area contributed by atoms with Crippen LogP contribution in [0.25, 0.3) is 0 Å². The average molecular weight is 398 g/mol. The molecule has 1 aliphatic heterocycles. The summed E-state index contributed by atoms with van der Waals surface area (Å²) in [6, 6.07) is 4.21. The number of aliphatic hydroxyl groups excluding tert-OH is 1. The van der Waals surface area contributed by atoms with Gasteiger partial charge in [0.2, 0.25) is 5.91 Å². The molecule has 0 radical (unpaired) electrons. The molecule has 1 saturated heterocycles. The Balaban J connectivity index is 1.64. The van der Waals surface area contributed by atoms with Gasteiger partial charge in [0.1, 0.15) is 5.78 Å². The van der Waals surface area contributed by atoms with E-state index in [9.17, 15) is 14.7 Å². The third-order valence-corrected chi connectivity index (χ3v) is 6.66. The Bertz CT molecular complexity index is 790. The van der Waals surface area contributed by atoms with E-state index in [-0.39, 0.29) is 23.5 Å². The fourth-order valence-electron chi connectivity index (χ4n) is 5.36. The van der Waals surface area contributed by atoms with Crippen LogP contribution < -0.4 is 0 Å². The van der Waals surface area contributed by atoms with Gasteiger partial charge in [-0.05, 0) is 82.4 Å². The minimum absolute atomic E-state index is 0.0256. The normalized spacial score (nSPS) is 25.4. The highest BCUT2D eigenvalue weighted by atomic mass is 16.3. The maximum Gasteiger partial charge on any atom is 0.246 e.